The second kappa shape index (κ2) is 7.92. The normalized spacial score (nSPS) is 10.7. The molecule has 0 aliphatic carbocycles. The van der Waals surface area contributed by atoms with Gasteiger partial charge in [-0.1, -0.05) is 19.1 Å². The average Bonchev–Trinajstić information content (AvgIpc) is 2.44. The van der Waals surface area contributed by atoms with Crippen LogP contribution in [0.3, 0.4) is 0 Å². The van der Waals surface area contributed by atoms with E-state index in [2.05, 4.69) is 44.1 Å². The van der Waals surface area contributed by atoms with Crippen molar-refractivity contribution in [1.82, 2.24) is 5.32 Å². The number of ether oxygens (including phenoxy) is 1. The van der Waals surface area contributed by atoms with Gasteiger partial charge in [0.05, 0.1) is 8.95 Å². The Kier molecular flexibility index (Phi) is 6.21. The molecule has 0 spiro atoms. The Balaban J connectivity index is 2.09. The topological polar surface area (TPSA) is 21.3 Å². The third kappa shape index (κ3) is 4.80. The van der Waals surface area contributed by atoms with Crippen molar-refractivity contribution in [2.24, 2.45) is 0 Å². The van der Waals surface area contributed by atoms with Gasteiger partial charge in [-0.2, -0.15) is 0 Å². The van der Waals surface area contributed by atoms with Gasteiger partial charge in [0.15, 0.2) is 0 Å². The van der Waals surface area contributed by atoms with Crippen LogP contribution in [0.15, 0.2) is 45.3 Å². The van der Waals surface area contributed by atoms with Crippen LogP contribution in [0.25, 0.3) is 0 Å². The van der Waals surface area contributed by atoms with Gasteiger partial charge in [0.1, 0.15) is 18.2 Å². The highest BCUT2D eigenvalue weighted by molar-refractivity contribution is 9.11. The van der Waals surface area contributed by atoms with E-state index in [9.17, 15) is 4.39 Å². The zero-order valence-electron chi connectivity index (χ0n) is 11.6. The fourth-order valence-electron chi connectivity index (χ4n) is 1.90. The lowest BCUT2D eigenvalue weighted by molar-refractivity contribution is 0.301. The van der Waals surface area contributed by atoms with Gasteiger partial charge in [0, 0.05) is 6.54 Å². The Morgan fingerprint density at radius 3 is 2.43 bits per heavy atom. The van der Waals surface area contributed by atoms with Crippen molar-refractivity contribution in [2.75, 3.05) is 6.54 Å². The van der Waals surface area contributed by atoms with E-state index in [0.717, 1.165) is 38.9 Å². The minimum Gasteiger partial charge on any atom is -0.487 e. The van der Waals surface area contributed by atoms with Crippen LogP contribution < -0.4 is 10.1 Å². The summed E-state index contributed by atoms with van der Waals surface area (Å²) < 4.78 is 20.7. The first kappa shape index (κ1) is 16.5. The Morgan fingerprint density at radius 2 is 1.81 bits per heavy atom. The van der Waals surface area contributed by atoms with Gasteiger partial charge in [0.2, 0.25) is 0 Å². The Hall–Kier alpha value is -0.910. The lowest BCUT2D eigenvalue weighted by Gasteiger charge is -2.12. The standard InChI is InChI=1S/C16H16Br2FNO/c1-2-20-9-12-7-14(17)16(15(18)8-12)21-10-11-4-3-5-13(19)6-11/h3-8,20H,2,9-10H2,1H3. The van der Waals surface area contributed by atoms with Crippen molar-refractivity contribution in [3.63, 3.8) is 0 Å². The number of hydrogen-bond acceptors (Lipinski definition) is 2. The molecule has 0 unspecified atom stereocenters. The summed E-state index contributed by atoms with van der Waals surface area (Å²) in [5.74, 6) is 0.467. The fourth-order valence-corrected chi connectivity index (χ4v) is 3.41. The van der Waals surface area contributed by atoms with Gasteiger partial charge in [-0.15, -0.1) is 0 Å². The van der Waals surface area contributed by atoms with Crippen molar-refractivity contribution in [3.05, 3.63) is 62.3 Å². The highest BCUT2D eigenvalue weighted by atomic mass is 79.9. The smallest absolute Gasteiger partial charge is 0.148 e. The van der Waals surface area contributed by atoms with Crippen LogP contribution >= 0.6 is 31.9 Å². The quantitative estimate of drug-likeness (QED) is 0.712. The molecule has 0 radical (unpaired) electrons. The molecule has 1 N–H and O–H groups in total. The lowest BCUT2D eigenvalue weighted by atomic mass is 10.2. The number of benzene rings is 2. The molecule has 0 aromatic heterocycles. The summed E-state index contributed by atoms with van der Waals surface area (Å²) in [7, 11) is 0. The third-order valence-electron chi connectivity index (χ3n) is 2.91. The van der Waals surface area contributed by atoms with E-state index < -0.39 is 0 Å². The molecular formula is C16H16Br2FNO. The number of rotatable bonds is 6. The van der Waals surface area contributed by atoms with E-state index >= 15 is 0 Å². The van der Waals surface area contributed by atoms with E-state index in [0.29, 0.717) is 6.61 Å². The van der Waals surface area contributed by atoms with Crippen LogP contribution in [0.4, 0.5) is 4.39 Å². The molecule has 21 heavy (non-hydrogen) atoms. The second-order valence-electron chi connectivity index (χ2n) is 4.59. The maximum atomic E-state index is 13.1. The lowest BCUT2D eigenvalue weighted by Crippen LogP contribution is -2.11. The van der Waals surface area contributed by atoms with E-state index in [1.165, 1.54) is 12.1 Å². The predicted octanol–water partition coefficient (Wildman–Crippen LogP) is 5.04. The van der Waals surface area contributed by atoms with Crippen molar-refractivity contribution < 1.29 is 9.13 Å². The van der Waals surface area contributed by atoms with Crippen LogP contribution in [-0.2, 0) is 13.2 Å². The van der Waals surface area contributed by atoms with E-state index in [4.69, 9.17) is 4.74 Å². The molecule has 0 aliphatic rings. The summed E-state index contributed by atoms with van der Waals surface area (Å²) in [5, 5.41) is 3.28. The molecule has 0 amide bonds. The molecule has 0 aliphatic heterocycles. The molecule has 2 nitrogen and oxygen atoms in total. The maximum absolute atomic E-state index is 13.1. The molecule has 0 heterocycles. The monoisotopic (exact) mass is 415 g/mol. The molecule has 2 rings (SSSR count). The summed E-state index contributed by atoms with van der Waals surface area (Å²) >= 11 is 7.04. The highest BCUT2D eigenvalue weighted by Gasteiger charge is 2.09. The average molecular weight is 417 g/mol. The molecule has 2 aromatic carbocycles. The van der Waals surface area contributed by atoms with Crippen molar-refractivity contribution in [3.8, 4) is 5.75 Å². The summed E-state index contributed by atoms with van der Waals surface area (Å²) in [6.45, 7) is 4.12. The summed E-state index contributed by atoms with van der Waals surface area (Å²) in [6, 6.07) is 10.5. The predicted molar refractivity (Wildman–Crippen MR) is 90.0 cm³/mol. The molecule has 0 fully saturated rings. The maximum Gasteiger partial charge on any atom is 0.148 e. The van der Waals surface area contributed by atoms with Crippen LogP contribution in [0.5, 0.6) is 5.75 Å². The van der Waals surface area contributed by atoms with E-state index in [1.807, 2.05) is 18.2 Å². The number of hydrogen-bond donors (Lipinski definition) is 1. The SMILES string of the molecule is CCNCc1cc(Br)c(OCc2cccc(F)c2)c(Br)c1. The van der Waals surface area contributed by atoms with Crippen LogP contribution in [0.2, 0.25) is 0 Å². The number of nitrogens with one attached hydrogen (secondary N) is 1. The van der Waals surface area contributed by atoms with Crippen molar-refractivity contribution >= 4 is 31.9 Å². The molecule has 112 valence electrons. The third-order valence-corrected chi connectivity index (χ3v) is 4.09. The summed E-state index contributed by atoms with van der Waals surface area (Å²) in [6.07, 6.45) is 0. The van der Waals surface area contributed by atoms with Gasteiger partial charge in [0.25, 0.3) is 0 Å². The van der Waals surface area contributed by atoms with Crippen molar-refractivity contribution in [2.45, 2.75) is 20.1 Å². The minimum atomic E-state index is -0.254. The second-order valence-corrected chi connectivity index (χ2v) is 6.30. The van der Waals surface area contributed by atoms with E-state index in [-0.39, 0.29) is 5.82 Å². The van der Waals surface area contributed by atoms with Gasteiger partial charge in [-0.3, -0.25) is 0 Å². The Morgan fingerprint density at radius 1 is 1.10 bits per heavy atom. The zero-order chi connectivity index (χ0) is 15.2. The largest absolute Gasteiger partial charge is 0.487 e. The Labute approximate surface area is 141 Å². The van der Waals surface area contributed by atoms with Gasteiger partial charge < -0.3 is 10.1 Å². The fraction of sp³-hybridized carbons (Fsp3) is 0.250. The minimum absolute atomic E-state index is 0.254. The zero-order valence-corrected chi connectivity index (χ0v) is 14.8. The number of halogens is 3. The highest BCUT2D eigenvalue weighted by Crippen LogP contribution is 2.35. The molecule has 0 saturated carbocycles. The molecular weight excluding hydrogens is 401 g/mol. The first-order valence-corrected chi connectivity index (χ1v) is 8.24. The summed E-state index contributed by atoms with van der Waals surface area (Å²) in [4.78, 5) is 0. The first-order valence-electron chi connectivity index (χ1n) is 6.66. The molecule has 0 saturated heterocycles. The molecule has 2 aromatic rings. The molecule has 0 bridgehead atoms. The van der Waals surface area contributed by atoms with Crippen molar-refractivity contribution in [1.29, 1.82) is 0 Å². The first-order chi connectivity index (χ1) is 10.1. The van der Waals surface area contributed by atoms with Gasteiger partial charge in [-0.05, 0) is 73.8 Å². The van der Waals surface area contributed by atoms with Crippen LogP contribution in [-0.4, -0.2) is 6.54 Å². The van der Waals surface area contributed by atoms with Crippen LogP contribution in [0, 0.1) is 5.82 Å². The Bertz CT molecular complexity index is 596. The van der Waals surface area contributed by atoms with Crippen LogP contribution in [0.1, 0.15) is 18.1 Å². The van der Waals surface area contributed by atoms with Gasteiger partial charge in [-0.25, -0.2) is 4.39 Å². The van der Waals surface area contributed by atoms with E-state index in [1.54, 1.807) is 6.07 Å². The molecule has 0 atom stereocenters. The van der Waals surface area contributed by atoms with Gasteiger partial charge >= 0.3 is 0 Å². The summed E-state index contributed by atoms with van der Waals surface area (Å²) in [5.41, 5.74) is 1.96. The molecule has 5 heteroatoms.